The molecule has 0 fully saturated rings. The fourth-order valence-electron chi connectivity index (χ4n) is 2.90. The van der Waals surface area contributed by atoms with Crippen molar-refractivity contribution in [3.05, 3.63) is 86.1 Å². The van der Waals surface area contributed by atoms with Gasteiger partial charge in [0.05, 0.1) is 23.5 Å². The number of azo groups is 1. The summed E-state index contributed by atoms with van der Waals surface area (Å²) in [5, 5.41) is 16.2. The van der Waals surface area contributed by atoms with Gasteiger partial charge in [0.2, 0.25) is 5.72 Å². The van der Waals surface area contributed by atoms with Crippen LogP contribution in [-0.4, -0.2) is 19.8 Å². The van der Waals surface area contributed by atoms with E-state index >= 15 is 0 Å². The van der Waals surface area contributed by atoms with Gasteiger partial charge in [0.1, 0.15) is 5.82 Å². The quantitative estimate of drug-likeness (QED) is 0.611. The molecular weight excluding hydrogens is 422 g/mol. The molecule has 1 unspecified atom stereocenters. The van der Waals surface area contributed by atoms with Gasteiger partial charge in [0.25, 0.3) is 0 Å². The van der Waals surface area contributed by atoms with E-state index in [0.29, 0.717) is 15.6 Å². The zero-order valence-corrected chi connectivity index (χ0v) is 16.5. The monoisotopic (exact) mass is 434 g/mol. The zero-order chi connectivity index (χ0) is 20.6. The highest BCUT2D eigenvalue weighted by Crippen LogP contribution is 2.39. The van der Waals surface area contributed by atoms with Crippen molar-refractivity contribution < 1.29 is 9.13 Å². The van der Waals surface area contributed by atoms with Crippen LogP contribution < -0.4 is 5.69 Å². The topological polar surface area (TPSA) is 86.7 Å². The molecule has 148 valence electrons. The van der Waals surface area contributed by atoms with Gasteiger partial charge in [0, 0.05) is 23.2 Å². The molecule has 29 heavy (non-hydrogen) atoms. The van der Waals surface area contributed by atoms with E-state index in [0.717, 1.165) is 9.36 Å². The maximum absolute atomic E-state index is 14.6. The molecule has 0 saturated heterocycles. The summed E-state index contributed by atoms with van der Waals surface area (Å²) in [4.78, 5) is 12.2. The minimum Gasteiger partial charge on any atom is -0.340 e. The van der Waals surface area contributed by atoms with Crippen LogP contribution in [0.3, 0.4) is 0 Å². The lowest BCUT2D eigenvalue weighted by Gasteiger charge is -2.25. The normalized spacial score (nSPS) is 17.9. The Bertz CT molecular complexity index is 1190. The summed E-state index contributed by atoms with van der Waals surface area (Å²) in [5.74, 6) is -0.573. The predicted octanol–water partition coefficient (Wildman–Crippen LogP) is 3.76. The number of tetrazole rings is 1. The highest BCUT2D eigenvalue weighted by atomic mass is 35.5. The van der Waals surface area contributed by atoms with E-state index in [-0.39, 0.29) is 17.9 Å². The second-order valence-electron chi connectivity index (χ2n) is 6.17. The minimum atomic E-state index is -1.35. The lowest BCUT2D eigenvalue weighted by atomic mass is 10.0. The lowest BCUT2D eigenvalue weighted by molar-refractivity contribution is -0.0203. The van der Waals surface area contributed by atoms with Gasteiger partial charge >= 0.3 is 5.69 Å². The van der Waals surface area contributed by atoms with Gasteiger partial charge in [-0.15, -0.1) is 5.11 Å². The summed E-state index contributed by atoms with van der Waals surface area (Å²) in [6.07, 6.45) is 3.05. The first kappa shape index (κ1) is 19.4. The van der Waals surface area contributed by atoms with Crippen molar-refractivity contribution in [2.75, 3.05) is 0 Å². The Hall–Kier alpha value is -2.88. The Kier molecular flexibility index (Phi) is 5.03. The Balaban J connectivity index is 1.73. The van der Waals surface area contributed by atoms with Crippen LogP contribution in [0.5, 0.6) is 0 Å². The summed E-state index contributed by atoms with van der Waals surface area (Å²) >= 11 is 12.3. The number of nitrogens with zero attached hydrogens (tertiary/aromatic N) is 6. The molecule has 1 aromatic heterocycles. The second kappa shape index (κ2) is 7.51. The zero-order valence-electron chi connectivity index (χ0n) is 15.0. The number of ether oxygens (including phenoxy) is 1. The van der Waals surface area contributed by atoms with E-state index in [2.05, 4.69) is 20.7 Å². The molecule has 0 N–H and O–H groups in total. The standard InChI is InChI=1S/C18H13Cl2FN6O2/c1-26-17(28)27(25-24-26)16-4-2-3-15(21)12(16)10-29-18(7-8-22-23-18)13-6-5-11(19)9-14(13)20/h2-9H,10H2,1H3. The third-order valence-corrected chi connectivity index (χ3v) is 4.92. The van der Waals surface area contributed by atoms with Crippen molar-refractivity contribution in [2.45, 2.75) is 12.3 Å². The molecule has 1 atom stereocenters. The molecule has 0 bridgehead atoms. The van der Waals surface area contributed by atoms with Crippen LogP contribution >= 0.6 is 23.2 Å². The van der Waals surface area contributed by atoms with Gasteiger partial charge in [-0.05, 0) is 40.8 Å². The van der Waals surface area contributed by atoms with Crippen molar-refractivity contribution in [3.8, 4) is 5.69 Å². The average Bonchev–Trinajstić information content (AvgIpc) is 3.29. The lowest BCUT2D eigenvalue weighted by Crippen LogP contribution is -2.26. The number of aryl methyl sites for hydroxylation is 1. The van der Waals surface area contributed by atoms with Gasteiger partial charge in [-0.25, -0.2) is 9.18 Å². The van der Waals surface area contributed by atoms with Gasteiger partial charge in [-0.3, -0.25) is 0 Å². The molecule has 1 aliphatic rings. The Morgan fingerprint density at radius 1 is 1.21 bits per heavy atom. The SMILES string of the molecule is Cn1nnn(-c2cccc(F)c2COC2(c3ccc(Cl)cc3Cl)C=CN=N2)c1=O. The molecule has 4 rings (SSSR count). The molecule has 0 radical (unpaired) electrons. The largest absolute Gasteiger partial charge is 0.368 e. The van der Waals surface area contributed by atoms with Crippen LogP contribution in [0.4, 0.5) is 4.39 Å². The van der Waals surface area contributed by atoms with Crippen molar-refractivity contribution in [1.82, 2.24) is 19.8 Å². The molecule has 11 heteroatoms. The molecule has 0 spiro atoms. The van der Waals surface area contributed by atoms with Crippen LogP contribution in [0.25, 0.3) is 5.69 Å². The van der Waals surface area contributed by atoms with Gasteiger partial charge < -0.3 is 4.74 Å². The highest BCUT2D eigenvalue weighted by molar-refractivity contribution is 6.35. The number of hydrogen-bond acceptors (Lipinski definition) is 6. The van der Waals surface area contributed by atoms with Crippen LogP contribution in [-0.2, 0) is 24.1 Å². The smallest absolute Gasteiger partial charge is 0.340 e. The first-order valence-corrected chi connectivity index (χ1v) is 9.13. The van der Waals surface area contributed by atoms with E-state index in [4.69, 9.17) is 27.9 Å². The van der Waals surface area contributed by atoms with Gasteiger partial charge in [0.15, 0.2) is 0 Å². The maximum Gasteiger partial charge on any atom is 0.368 e. The first-order valence-electron chi connectivity index (χ1n) is 8.37. The van der Waals surface area contributed by atoms with Crippen molar-refractivity contribution in [1.29, 1.82) is 0 Å². The molecule has 0 amide bonds. The molecule has 2 heterocycles. The summed E-state index contributed by atoms with van der Waals surface area (Å²) in [5.41, 5.74) is -1.06. The second-order valence-corrected chi connectivity index (χ2v) is 7.02. The fourth-order valence-corrected chi connectivity index (χ4v) is 3.44. The minimum absolute atomic E-state index is 0.107. The van der Waals surface area contributed by atoms with Crippen molar-refractivity contribution >= 4 is 23.2 Å². The van der Waals surface area contributed by atoms with Gasteiger partial charge in [-0.2, -0.15) is 14.5 Å². The number of hydrogen-bond donors (Lipinski definition) is 0. The van der Waals surface area contributed by atoms with Crippen LogP contribution in [0.2, 0.25) is 10.0 Å². The summed E-state index contributed by atoms with van der Waals surface area (Å²) in [6.45, 7) is -0.243. The Morgan fingerprint density at radius 2 is 2.03 bits per heavy atom. The third-order valence-electron chi connectivity index (χ3n) is 4.37. The van der Waals surface area contributed by atoms with Gasteiger partial charge in [-0.1, -0.05) is 35.3 Å². The molecule has 0 aliphatic carbocycles. The van der Waals surface area contributed by atoms with Crippen molar-refractivity contribution in [3.63, 3.8) is 0 Å². The maximum atomic E-state index is 14.6. The van der Waals surface area contributed by atoms with E-state index < -0.39 is 17.2 Å². The average molecular weight is 435 g/mol. The fraction of sp³-hybridized carbons (Fsp3) is 0.167. The molecule has 3 aromatic rings. The molecule has 8 nitrogen and oxygen atoms in total. The van der Waals surface area contributed by atoms with E-state index in [1.807, 2.05) is 0 Å². The first-order chi connectivity index (χ1) is 13.9. The summed E-state index contributed by atoms with van der Waals surface area (Å²) in [7, 11) is 1.45. The number of rotatable bonds is 5. The summed E-state index contributed by atoms with van der Waals surface area (Å²) < 4.78 is 22.7. The number of aromatic nitrogens is 4. The van der Waals surface area contributed by atoms with Crippen molar-refractivity contribution in [2.24, 2.45) is 17.3 Å². The van der Waals surface area contributed by atoms with E-state index in [9.17, 15) is 9.18 Å². The molecular formula is C18H13Cl2FN6O2. The third kappa shape index (κ3) is 3.48. The Labute approximate surface area is 173 Å². The summed E-state index contributed by atoms with van der Waals surface area (Å²) in [6, 6.07) is 9.14. The number of benzene rings is 2. The molecule has 1 aliphatic heterocycles. The van der Waals surface area contributed by atoms with Crippen LogP contribution in [0, 0.1) is 5.82 Å². The van der Waals surface area contributed by atoms with Crippen LogP contribution in [0.15, 0.2) is 63.7 Å². The van der Waals surface area contributed by atoms with E-state index in [1.54, 1.807) is 30.3 Å². The molecule has 2 aromatic carbocycles. The van der Waals surface area contributed by atoms with E-state index in [1.165, 1.54) is 25.4 Å². The van der Waals surface area contributed by atoms with Crippen LogP contribution in [0.1, 0.15) is 11.1 Å². The predicted molar refractivity (Wildman–Crippen MR) is 103 cm³/mol. The number of halogens is 3. The Morgan fingerprint density at radius 3 is 2.69 bits per heavy atom. The molecule has 0 saturated carbocycles. The highest BCUT2D eigenvalue weighted by Gasteiger charge is 2.36.